The molecule has 0 atom stereocenters. The zero-order valence-corrected chi connectivity index (χ0v) is 23.4. The number of methoxy groups -OCH3 is 1. The molecule has 216 valence electrons. The van der Waals surface area contributed by atoms with E-state index in [1.165, 1.54) is 16.8 Å². The fourth-order valence-electron chi connectivity index (χ4n) is 5.38. The number of carboxylic acid groups (broad SMARTS) is 2. The lowest BCUT2D eigenvalue weighted by Crippen LogP contribution is -2.46. The molecule has 0 radical (unpaired) electrons. The highest BCUT2D eigenvalue weighted by Gasteiger charge is 2.25. The van der Waals surface area contributed by atoms with E-state index in [9.17, 15) is 4.79 Å². The van der Waals surface area contributed by atoms with Crippen LogP contribution in [0.25, 0.3) is 0 Å². The summed E-state index contributed by atoms with van der Waals surface area (Å²) >= 11 is 0. The molecule has 5 rings (SSSR count). The second-order valence-electron chi connectivity index (χ2n) is 10.1. The summed E-state index contributed by atoms with van der Waals surface area (Å²) in [6.07, 6.45) is 4.46. The third-order valence-electron chi connectivity index (χ3n) is 7.47. The van der Waals surface area contributed by atoms with Gasteiger partial charge in [0.2, 0.25) is 5.91 Å². The predicted octanol–water partition coefficient (Wildman–Crippen LogP) is 4.61. The Kier molecular flexibility index (Phi) is 10.3. The number of unbranched alkanes of at least 4 members (excludes halogenated alkanes) is 1. The lowest BCUT2D eigenvalue weighted by atomic mass is 10.0. The Labute approximate surface area is 240 Å². The van der Waals surface area contributed by atoms with Crippen molar-refractivity contribution in [1.29, 1.82) is 0 Å². The van der Waals surface area contributed by atoms with Gasteiger partial charge >= 0.3 is 11.9 Å². The molecule has 41 heavy (non-hydrogen) atoms. The molecule has 2 aliphatic heterocycles. The molecule has 9 nitrogen and oxygen atoms in total. The molecule has 3 aromatic rings. The van der Waals surface area contributed by atoms with E-state index in [1.54, 1.807) is 7.11 Å². The first-order chi connectivity index (χ1) is 19.9. The molecule has 0 saturated carbocycles. The van der Waals surface area contributed by atoms with Crippen LogP contribution in [0.15, 0.2) is 72.8 Å². The van der Waals surface area contributed by atoms with Gasteiger partial charge in [-0.3, -0.25) is 14.6 Å². The Hall–Kier alpha value is -4.37. The molecule has 0 bridgehead atoms. The number of anilines is 3. The minimum absolute atomic E-state index is 0.202. The number of carbonyl (C=O) groups is 3. The average Bonchev–Trinajstić information content (AvgIpc) is 3.17. The third-order valence-corrected chi connectivity index (χ3v) is 7.47. The van der Waals surface area contributed by atoms with Crippen molar-refractivity contribution in [2.24, 2.45) is 0 Å². The van der Waals surface area contributed by atoms with Crippen LogP contribution in [-0.2, 0) is 27.2 Å². The summed E-state index contributed by atoms with van der Waals surface area (Å²) in [6.45, 7) is 5.12. The molecule has 2 N–H and O–H groups in total. The highest BCUT2D eigenvalue weighted by atomic mass is 16.5. The van der Waals surface area contributed by atoms with E-state index in [4.69, 9.17) is 24.5 Å². The fourth-order valence-corrected chi connectivity index (χ4v) is 5.38. The van der Waals surface area contributed by atoms with E-state index >= 15 is 0 Å². The van der Waals surface area contributed by atoms with Crippen molar-refractivity contribution in [3.63, 3.8) is 0 Å². The van der Waals surface area contributed by atoms with Crippen LogP contribution < -0.4 is 14.5 Å². The standard InChI is InChI=1S/C30H35N3O2.C2H2O4/c1-35-29-15-7-6-14-28(29)32-22-20-31(21-23-32)19-9-8-16-30(34)33-26-12-4-2-10-24(26)17-18-25-11-3-5-13-27(25)33;3-1(4)2(5)6/h2-7,10-15H,8-9,16-23H2,1H3;(H,3,4)(H,5,6). The van der Waals surface area contributed by atoms with Crippen molar-refractivity contribution in [3.05, 3.63) is 83.9 Å². The molecule has 1 saturated heterocycles. The van der Waals surface area contributed by atoms with Crippen LogP contribution in [0.4, 0.5) is 17.1 Å². The first-order valence-electron chi connectivity index (χ1n) is 13.9. The van der Waals surface area contributed by atoms with Crippen LogP contribution in [0.1, 0.15) is 30.4 Å². The van der Waals surface area contributed by atoms with Gasteiger partial charge in [0.15, 0.2) is 0 Å². The largest absolute Gasteiger partial charge is 0.495 e. The number of para-hydroxylation sites is 4. The number of ether oxygens (including phenoxy) is 1. The van der Waals surface area contributed by atoms with Gasteiger partial charge in [0, 0.05) is 32.6 Å². The van der Waals surface area contributed by atoms with Crippen LogP contribution in [0.2, 0.25) is 0 Å². The summed E-state index contributed by atoms with van der Waals surface area (Å²) in [5.41, 5.74) is 5.79. The topological polar surface area (TPSA) is 111 Å². The van der Waals surface area contributed by atoms with E-state index in [1.807, 2.05) is 29.2 Å². The normalized spacial score (nSPS) is 14.6. The van der Waals surface area contributed by atoms with Gasteiger partial charge in [-0.25, -0.2) is 9.59 Å². The maximum Gasteiger partial charge on any atom is 0.414 e. The van der Waals surface area contributed by atoms with Crippen LogP contribution in [0.3, 0.4) is 0 Å². The van der Waals surface area contributed by atoms with E-state index in [-0.39, 0.29) is 5.91 Å². The number of amides is 1. The Morgan fingerprint density at radius 2 is 1.22 bits per heavy atom. The van der Waals surface area contributed by atoms with Crippen molar-refractivity contribution < 1.29 is 29.3 Å². The van der Waals surface area contributed by atoms with Gasteiger partial charge in [0.25, 0.3) is 0 Å². The first kappa shape index (κ1) is 29.6. The number of carbonyl (C=O) groups excluding carboxylic acids is 1. The van der Waals surface area contributed by atoms with Crippen molar-refractivity contribution in [3.8, 4) is 5.75 Å². The molecular weight excluding hydrogens is 522 g/mol. The number of nitrogens with zero attached hydrogens (tertiary/aromatic N) is 3. The smallest absolute Gasteiger partial charge is 0.414 e. The first-order valence-corrected chi connectivity index (χ1v) is 13.9. The Bertz CT molecular complexity index is 1290. The summed E-state index contributed by atoms with van der Waals surface area (Å²) in [5.74, 6) is -2.51. The molecule has 1 amide bonds. The number of hydrogen-bond donors (Lipinski definition) is 2. The lowest BCUT2D eigenvalue weighted by Gasteiger charge is -2.36. The lowest BCUT2D eigenvalue weighted by molar-refractivity contribution is -0.159. The SMILES string of the molecule is COc1ccccc1N1CCN(CCCCC(=O)N2c3ccccc3CCc3ccccc32)CC1.O=C(O)C(=O)O. The monoisotopic (exact) mass is 559 g/mol. The molecule has 1 fully saturated rings. The van der Waals surface area contributed by atoms with Gasteiger partial charge in [-0.15, -0.1) is 0 Å². The van der Waals surface area contributed by atoms with Crippen LogP contribution in [0.5, 0.6) is 5.75 Å². The Morgan fingerprint density at radius 1 is 0.707 bits per heavy atom. The van der Waals surface area contributed by atoms with Gasteiger partial charge < -0.3 is 19.8 Å². The minimum Gasteiger partial charge on any atom is -0.495 e. The second-order valence-corrected chi connectivity index (χ2v) is 10.1. The molecular formula is C32H37N3O6. The number of piperazine rings is 1. The minimum atomic E-state index is -1.82. The zero-order valence-electron chi connectivity index (χ0n) is 23.4. The molecule has 9 heteroatoms. The number of aliphatic carboxylic acids is 2. The van der Waals surface area contributed by atoms with E-state index in [0.717, 1.165) is 75.5 Å². The van der Waals surface area contributed by atoms with Crippen LogP contribution in [-0.4, -0.2) is 72.8 Å². The number of aryl methyl sites for hydroxylation is 2. The van der Waals surface area contributed by atoms with Crippen molar-refractivity contribution in [2.45, 2.75) is 32.1 Å². The van der Waals surface area contributed by atoms with Crippen LogP contribution >= 0.6 is 0 Å². The van der Waals surface area contributed by atoms with Gasteiger partial charge in [-0.2, -0.15) is 0 Å². The molecule has 0 spiro atoms. The quantitative estimate of drug-likeness (QED) is 0.319. The number of fused-ring (bicyclic) bond motifs is 2. The average molecular weight is 560 g/mol. The van der Waals surface area contributed by atoms with Gasteiger partial charge in [-0.1, -0.05) is 48.5 Å². The molecule has 2 aliphatic rings. The molecule has 2 heterocycles. The number of carboxylic acids is 2. The molecule has 0 aromatic heterocycles. The van der Waals surface area contributed by atoms with E-state index < -0.39 is 11.9 Å². The summed E-state index contributed by atoms with van der Waals surface area (Å²) in [5, 5.41) is 14.8. The van der Waals surface area contributed by atoms with Crippen molar-refractivity contribution in [2.75, 3.05) is 49.6 Å². The van der Waals surface area contributed by atoms with E-state index in [2.05, 4.69) is 58.3 Å². The highest BCUT2D eigenvalue weighted by molar-refractivity contribution is 6.27. The maximum absolute atomic E-state index is 13.5. The van der Waals surface area contributed by atoms with Gasteiger partial charge in [0.1, 0.15) is 5.75 Å². The van der Waals surface area contributed by atoms with Gasteiger partial charge in [-0.05, 0) is 67.6 Å². The Morgan fingerprint density at radius 3 is 1.76 bits per heavy atom. The summed E-state index contributed by atoms with van der Waals surface area (Å²) < 4.78 is 5.54. The molecule has 0 unspecified atom stereocenters. The summed E-state index contributed by atoms with van der Waals surface area (Å²) in [6, 6.07) is 25.0. The summed E-state index contributed by atoms with van der Waals surface area (Å²) in [4.78, 5) is 38.6. The Balaban J connectivity index is 0.000000585. The van der Waals surface area contributed by atoms with Crippen molar-refractivity contribution >= 4 is 34.9 Å². The maximum atomic E-state index is 13.5. The van der Waals surface area contributed by atoms with E-state index in [0.29, 0.717) is 6.42 Å². The zero-order chi connectivity index (χ0) is 29.2. The molecule has 0 aliphatic carbocycles. The summed E-state index contributed by atoms with van der Waals surface area (Å²) in [7, 11) is 1.74. The predicted molar refractivity (Wildman–Crippen MR) is 158 cm³/mol. The number of rotatable bonds is 7. The second kappa shape index (κ2) is 14.3. The number of hydrogen-bond acceptors (Lipinski definition) is 6. The third kappa shape index (κ3) is 7.64. The van der Waals surface area contributed by atoms with Gasteiger partial charge in [0.05, 0.1) is 24.2 Å². The highest BCUT2D eigenvalue weighted by Crippen LogP contribution is 2.36. The van der Waals surface area contributed by atoms with Crippen LogP contribution in [0, 0.1) is 0 Å². The number of benzene rings is 3. The fraction of sp³-hybridized carbons (Fsp3) is 0.344. The van der Waals surface area contributed by atoms with Crippen molar-refractivity contribution in [1.82, 2.24) is 4.90 Å². The molecule has 3 aromatic carbocycles.